The molecule has 0 aliphatic heterocycles. The van der Waals surface area contributed by atoms with E-state index in [4.69, 9.17) is 0 Å². The van der Waals surface area contributed by atoms with E-state index in [9.17, 15) is 14.9 Å². The average Bonchev–Trinajstić information content (AvgIpc) is 2.76. The third kappa shape index (κ3) is 1.56. The molecule has 1 heterocycles. The van der Waals surface area contributed by atoms with Gasteiger partial charge in [0.1, 0.15) is 12.0 Å². The number of hydrogen-bond donors (Lipinski definition) is 0. The molecule has 6 heteroatoms. The maximum absolute atomic E-state index is 10.8. The van der Waals surface area contributed by atoms with Crippen molar-refractivity contribution in [3.05, 3.63) is 46.2 Å². The number of rotatable bonds is 3. The van der Waals surface area contributed by atoms with Crippen LogP contribution in [0.15, 0.2) is 35.1 Å². The minimum atomic E-state index is -0.529. The first-order chi connectivity index (χ1) is 7.74. The number of benzene rings is 1. The van der Waals surface area contributed by atoms with Gasteiger partial charge in [-0.15, -0.1) is 0 Å². The SMILES string of the molecule is O=Cc1conc1-c1ccccc1[N+](=O)[O-]. The predicted molar refractivity (Wildman–Crippen MR) is 54.0 cm³/mol. The minimum absolute atomic E-state index is 0.112. The molecule has 0 atom stereocenters. The smallest absolute Gasteiger partial charge is 0.278 e. The van der Waals surface area contributed by atoms with Gasteiger partial charge in [-0.25, -0.2) is 0 Å². The number of hydrogen-bond acceptors (Lipinski definition) is 5. The lowest BCUT2D eigenvalue weighted by Crippen LogP contribution is -1.93. The van der Waals surface area contributed by atoms with Gasteiger partial charge in [0.25, 0.3) is 5.69 Å². The summed E-state index contributed by atoms with van der Waals surface area (Å²) in [7, 11) is 0. The summed E-state index contributed by atoms with van der Waals surface area (Å²) in [5, 5.41) is 14.4. The summed E-state index contributed by atoms with van der Waals surface area (Å²) in [4.78, 5) is 20.9. The second kappa shape index (κ2) is 3.93. The Hall–Kier alpha value is -2.50. The molecule has 0 aliphatic rings. The van der Waals surface area contributed by atoms with Crippen molar-refractivity contribution in [2.24, 2.45) is 0 Å². The van der Waals surface area contributed by atoms with E-state index in [-0.39, 0.29) is 22.5 Å². The van der Waals surface area contributed by atoms with Crippen LogP contribution in [0.2, 0.25) is 0 Å². The number of nitrogens with zero attached hydrogens (tertiary/aromatic N) is 2. The lowest BCUT2D eigenvalue weighted by Gasteiger charge is -1.98. The predicted octanol–water partition coefficient (Wildman–Crippen LogP) is 2.06. The molecule has 0 bridgehead atoms. The number of nitro benzene ring substituents is 1. The fraction of sp³-hybridized carbons (Fsp3) is 0. The van der Waals surface area contributed by atoms with Crippen LogP contribution in [-0.2, 0) is 0 Å². The van der Waals surface area contributed by atoms with Crippen molar-refractivity contribution in [3.63, 3.8) is 0 Å². The van der Waals surface area contributed by atoms with Gasteiger partial charge in [-0.2, -0.15) is 0 Å². The van der Waals surface area contributed by atoms with Crippen molar-refractivity contribution in [2.75, 3.05) is 0 Å². The Morgan fingerprint density at radius 2 is 2.12 bits per heavy atom. The molecule has 0 spiro atoms. The molecule has 0 saturated heterocycles. The van der Waals surface area contributed by atoms with Gasteiger partial charge in [0.05, 0.1) is 16.1 Å². The second-order valence-electron chi connectivity index (χ2n) is 3.01. The summed E-state index contributed by atoms with van der Waals surface area (Å²) in [6.07, 6.45) is 1.70. The molecule has 0 amide bonds. The Bertz CT molecular complexity index is 547. The van der Waals surface area contributed by atoms with Crippen molar-refractivity contribution in [1.29, 1.82) is 0 Å². The molecule has 0 saturated carbocycles. The van der Waals surface area contributed by atoms with Crippen LogP contribution in [0.4, 0.5) is 5.69 Å². The first-order valence-electron chi connectivity index (χ1n) is 4.37. The van der Waals surface area contributed by atoms with Crippen LogP contribution in [0, 0.1) is 10.1 Å². The number of aromatic nitrogens is 1. The second-order valence-corrected chi connectivity index (χ2v) is 3.01. The fourth-order valence-electron chi connectivity index (χ4n) is 1.37. The van der Waals surface area contributed by atoms with Gasteiger partial charge in [0.15, 0.2) is 6.29 Å². The Morgan fingerprint density at radius 1 is 1.38 bits per heavy atom. The number of carbonyl (C=O) groups is 1. The van der Waals surface area contributed by atoms with Crippen molar-refractivity contribution in [2.45, 2.75) is 0 Å². The maximum atomic E-state index is 10.8. The molecule has 1 aromatic heterocycles. The summed E-state index contributed by atoms with van der Waals surface area (Å²) in [5.74, 6) is 0. The standard InChI is InChI=1S/C10H6N2O4/c13-5-7-6-16-11-10(7)8-3-1-2-4-9(8)12(14)15/h1-6H. The minimum Gasteiger partial charge on any atom is -0.363 e. The molecular weight excluding hydrogens is 212 g/mol. The summed E-state index contributed by atoms with van der Waals surface area (Å²) in [6.45, 7) is 0. The highest BCUT2D eigenvalue weighted by Gasteiger charge is 2.19. The van der Waals surface area contributed by atoms with E-state index in [1.165, 1.54) is 12.1 Å². The molecule has 2 rings (SSSR count). The van der Waals surface area contributed by atoms with Crippen molar-refractivity contribution in [1.82, 2.24) is 5.16 Å². The molecule has 2 aromatic rings. The zero-order chi connectivity index (χ0) is 11.5. The zero-order valence-electron chi connectivity index (χ0n) is 7.99. The maximum Gasteiger partial charge on any atom is 0.278 e. The number of aldehydes is 1. The van der Waals surface area contributed by atoms with E-state index >= 15 is 0 Å². The molecular formula is C10H6N2O4. The Labute approximate surface area is 89.6 Å². The third-order valence-corrected chi connectivity index (χ3v) is 2.08. The summed E-state index contributed by atoms with van der Waals surface area (Å²) in [6, 6.07) is 6.04. The van der Waals surface area contributed by atoms with E-state index < -0.39 is 4.92 Å². The molecule has 0 unspecified atom stereocenters. The number of carbonyl (C=O) groups excluding carboxylic acids is 1. The summed E-state index contributed by atoms with van der Waals surface area (Å²) < 4.78 is 4.62. The molecule has 0 radical (unpaired) electrons. The van der Waals surface area contributed by atoms with Gasteiger partial charge in [0, 0.05) is 6.07 Å². The first kappa shape index (κ1) is 10.0. The number of para-hydroxylation sites is 1. The Kier molecular flexibility index (Phi) is 2.47. The van der Waals surface area contributed by atoms with Gasteiger partial charge in [0.2, 0.25) is 0 Å². The summed E-state index contributed by atoms with van der Waals surface area (Å²) in [5.41, 5.74) is 0.527. The number of nitro groups is 1. The van der Waals surface area contributed by atoms with E-state index in [0.29, 0.717) is 6.29 Å². The fourth-order valence-corrected chi connectivity index (χ4v) is 1.37. The highest BCUT2D eigenvalue weighted by molar-refractivity contribution is 5.87. The largest absolute Gasteiger partial charge is 0.363 e. The molecule has 0 fully saturated rings. The molecule has 16 heavy (non-hydrogen) atoms. The summed E-state index contributed by atoms with van der Waals surface area (Å²) >= 11 is 0. The first-order valence-corrected chi connectivity index (χ1v) is 4.37. The van der Waals surface area contributed by atoms with E-state index in [1.807, 2.05) is 0 Å². The normalized spacial score (nSPS) is 10.0. The van der Waals surface area contributed by atoms with Crippen molar-refractivity contribution >= 4 is 12.0 Å². The van der Waals surface area contributed by atoms with Gasteiger partial charge in [-0.05, 0) is 6.07 Å². The van der Waals surface area contributed by atoms with Crippen molar-refractivity contribution < 1.29 is 14.2 Å². The van der Waals surface area contributed by atoms with E-state index in [2.05, 4.69) is 9.68 Å². The highest BCUT2D eigenvalue weighted by atomic mass is 16.6. The van der Waals surface area contributed by atoms with Crippen LogP contribution in [0.25, 0.3) is 11.3 Å². The quantitative estimate of drug-likeness (QED) is 0.447. The average molecular weight is 218 g/mol. The van der Waals surface area contributed by atoms with Gasteiger partial charge >= 0.3 is 0 Å². The van der Waals surface area contributed by atoms with Gasteiger partial charge in [-0.3, -0.25) is 14.9 Å². The Morgan fingerprint density at radius 3 is 2.81 bits per heavy atom. The molecule has 0 aliphatic carbocycles. The van der Waals surface area contributed by atoms with Gasteiger partial charge in [-0.1, -0.05) is 17.3 Å². The van der Waals surface area contributed by atoms with E-state index in [1.54, 1.807) is 12.1 Å². The molecule has 80 valence electrons. The molecule has 1 aromatic carbocycles. The highest BCUT2D eigenvalue weighted by Crippen LogP contribution is 2.29. The lowest BCUT2D eigenvalue weighted by molar-refractivity contribution is -0.384. The third-order valence-electron chi connectivity index (χ3n) is 2.08. The molecule has 0 N–H and O–H groups in total. The van der Waals surface area contributed by atoms with Gasteiger partial charge < -0.3 is 4.52 Å². The zero-order valence-corrected chi connectivity index (χ0v) is 7.99. The van der Waals surface area contributed by atoms with Crippen LogP contribution >= 0.6 is 0 Å². The van der Waals surface area contributed by atoms with Crippen LogP contribution in [-0.4, -0.2) is 16.4 Å². The Balaban J connectivity index is 2.64. The van der Waals surface area contributed by atoms with Crippen LogP contribution in [0.1, 0.15) is 10.4 Å². The monoisotopic (exact) mass is 218 g/mol. The topological polar surface area (TPSA) is 86.2 Å². The van der Waals surface area contributed by atoms with Crippen molar-refractivity contribution in [3.8, 4) is 11.3 Å². The van der Waals surface area contributed by atoms with E-state index in [0.717, 1.165) is 6.26 Å². The van der Waals surface area contributed by atoms with Crippen LogP contribution in [0.3, 0.4) is 0 Å². The molecule has 6 nitrogen and oxygen atoms in total. The van der Waals surface area contributed by atoms with Crippen LogP contribution < -0.4 is 0 Å². The van der Waals surface area contributed by atoms with Crippen LogP contribution in [0.5, 0.6) is 0 Å². The lowest BCUT2D eigenvalue weighted by atomic mass is 10.1.